The van der Waals surface area contributed by atoms with Crippen molar-refractivity contribution in [3.05, 3.63) is 64.2 Å². The largest absolute Gasteiger partial charge is 0.573 e. The Hall–Kier alpha value is -2.67. The first kappa shape index (κ1) is 27.9. The highest BCUT2D eigenvalue weighted by Gasteiger charge is 2.58. The molecule has 4 atom stereocenters. The fraction of sp³-hybridized carbons (Fsp3) is 0.435. The number of alkyl halides is 5. The Labute approximate surface area is 207 Å². The number of carbonyl (C=O) groups excluding carboxylic acids is 1. The summed E-state index contributed by atoms with van der Waals surface area (Å²) in [5, 5.41) is 20.7. The van der Waals surface area contributed by atoms with Crippen LogP contribution in [0.15, 0.2) is 42.5 Å². The first-order valence-electron chi connectivity index (χ1n) is 10.6. The van der Waals surface area contributed by atoms with Crippen molar-refractivity contribution >= 4 is 17.8 Å². The topological polar surface area (TPSA) is 94.5 Å². The van der Waals surface area contributed by atoms with Crippen LogP contribution in [0.25, 0.3) is 0 Å². The van der Waals surface area contributed by atoms with Crippen LogP contribution in [-0.4, -0.2) is 60.2 Å². The number of carbonyl (C=O) groups is 1. The Balaban J connectivity index is 1.79. The van der Waals surface area contributed by atoms with Crippen LogP contribution in [0, 0.1) is 0 Å². The van der Waals surface area contributed by atoms with Gasteiger partial charge < -0.3 is 29.2 Å². The summed E-state index contributed by atoms with van der Waals surface area (Å²) in [6.45, 7) is 0.501. The summed E-state index contributed by atoms with van der Waals surface area (Å²) in [4.78, 5) is 11.4. The van der Waals surface area contributed by atoms with E-state index >= 15 is 0 Å². The zero-order valence-corrected chi connectivity index (χ0v) is 19.4. The predicted molar refractivity (Wildman–Crippen MR) is 115 cm³/mol. The molecule has 2 aromatic carbocycles. The molecule has 1 aliphatic rings. The van der Waals surface area contributed by atoms with Crippen LogP contribution >= 0.6 is 11.6 Å². The Kier molecular flexibility index (Phi) is 8.65. The second kappa shape index (κ2) is 11.2. The summed E-state index contributed by atoms with van der Waals surface area (Å²) in [6.07, 6.45) is -14.0. The molecule has 198 valence electrons. The molecular formula is C23H22ClF5O7. The van der Waals surface area contributed by atoms with Crippen molar-refractivity contribution in [2.45, 2.75) is 50.0 Å². The lowest BCUT2D eigenvalue weighted by Gasteiger charge is -2.42. The van der Waals surface area contributed by atoms with Gasteiger partial charge in [0.1, 0.15) is 30.7 Å². The standard InChI is InChI=1S/C23H22ClF5O7/c1-2-33-21(32)34-11-17-22(25,26)20(31)18(30)19(35-17)13-5-8-16(24)14(10-13)9-12-3-6-15(7-4-12)36-23(27,28)29/h3-8,10,17-20,30-31H,2,9,11H2,1H3. The molecule has 0 radical (unpaired) electrons. The number of aliphatic hydroxyl groups excluding tert-OH is 2. The van der Waals surface area contributed by atoms with E-state index in [9.17, 15) is 37.0 Å². The molecule has 1 aliphatic heterocycles. The molecule has 4 unspecified atom stereocenters. The van der Waals surface area contributed by atoms with Crippen LogP contribution in [0.2, 0.25) is 5.02 Å². The Bertz CT molecular complexity index is 1050. The van der Waals surface area contributed by atoms with E-state index < -0.39 is 55.2 Å². The zero-order valence-electron chi connectivity index (χ0n) is 18.7. The van der Waals surface area contributed by atoms with Gasteiger partial charge in [-0.05, 0) is 48.2 Å². The minimum absolute atomic E-state index is 0.0453. The van der Waals surface area contributed by atoms with Gasteiger partial charge in [0.15, 0.2) is 6.10 Å². The van der Waals surface area contributed by atoms with Crippen LogP contribution in [0.1, 0.15) is 29.7 Å². The van der Waals surface area contributed by atoms with E-state index in [0.717, 1.165) is 12.1 Å². The molecule has 2 N–H and O–H groups in total. The van der Waals surface area contributed by atoms with Crippen LogP contribution < -0.4 is 4.74 Å². The van der Waals surface area contributed by atoms with Gasteiger partial charge in [-0.1, -0.05) is 35.9 Å². The first-order valence-corrected chi connectivity index (χ1v) is 11.0. The normalized spacial score (nSPS) is 23.7. The van der Waals surface area contributed by atoms with Crippen molar-refractivity contribution < 1.29 is 55.9 Å². The highest BCUT2D eigenvalue weighted by atomic mass is 35.5. The quantitative estimate of drug-likeness (QED) is 0.385. The summed E-state index contributed by atoms with van der Waals surface area (Å²) >= 11 is 6.24. The Morgan fingerprint density at radius 2 is 1.78 bits per heavy atom. The molecule has 0 aliphatic carbocycles. The van der Waals surface area contributed by atoms with Gasteiger partial charge in [0.25, 0.3) is 0 Å². The van der Waals surface area contributed by atoms with Crippen LogP contribution in [0.5, 0.6) is 5.75 Å². The number of hydrogen-bond acceptors (Lipinski definition) is 7. The van der Waals surface area contributed by atoms with E-state index in [2.05, 4.69) is 14.2 Å². The van der Waals surface area contributed by atoms with Gasteiger partial charge in [-0.25, -0.2) is 13.6 Å². The molecular weight excluding hydrogens is 519 g/mol. The van der Waals surface area contributed by atoms with Crippen molar-refractivity contribution in [2.24, 2.45) is 0 Å². The Morgan fingerprint density at radius 1 is 1.11 bits per heavy atom. The average Bonchev–Trinajstić information content (AvgIpc) is 2.79. The number of rotatable bonds is 7. The van der Waals surface area contributed by atoms with Gasteiger partial charge in [0, 0.05) is 5.02 Å². The molecule has 0 bridgehead atoms. The number of aliphatic hydroxyl groups is 2. The Morgan fingerprint density at radius 3 is 2.39 bits per heavy atom. The molecule has 1 saturated heterocycles. The van der Waals surface area contributed by atoms with Crippen LogP contribution in [0.4, 0.5) is 26.7 Å². The van der Waals surface area contributed by atoms with E-state index in [-0.39, 0.29) is 23.6 Å². The molecule has 0 spiro atoms. The van der Waals surface area contributed by atoms with Crippen molar-refractivity contribution in [1.82, 2.24) is 0 Å². The molecule has 1 heterocycles. The van der Waals surface area contributed by atoms with Gasteiger partial charge >= 0.3 is 18.4 Å². The van der Waals surface area contributed by atoms with Crippen molar-refractivity contribution in [2.75, 3.05) is 13.2 Å². The minimum atomic E-state index is -4.83. The number of hydrogen-bond donors (Lipinski definition) is 2. The van der Waals surface area contributed by atoms with Crippen LogP contribution in [-0.2, 0) is 20.6 Å². The second-order valence-corrected chi connectivity index (χ2v) is 8.28. The molecule has 0 amide bonds. The van der Waals surface area contributed by atoms with Gasteiger partial charge in [-0.15, -0.1) is 13.2 Å². The fourth-order valence-electron chi connectivity index (χ4n) is 3.60. The van der Waals surface area contributed by atoms with Crippen molar-refractivity contribution in [3.63, 3.8) is 0 Å². The maximum atomic E-state index is 14.5. The lowest BCUT2D eigenvalue weighted by molar-refractivity contribution is -0.296. The lowest BCUT2D eigenvalue weighted by Crippen LogP contribution is -2.60. The third-order valence-electron chi connectivity index (χ3n) is 5.33. The van der Waals surface area contributed by atoms with E-state index in [0.29, 0.717) is 11.1 Å². The van der Waals surface area contributed by atoms with Gasteiger partial charge in [0.05, 0.1) is 6.61 Å². The van der Waals surface area contributed by atoms with E-state index in [1.54, 1.807) is 0 Å². The maximum Gasteiger partial charge on any atom is 0.573 e. The molecule has 1 fully saturated rings. The number of ether oxygens (including phenoxy) is 4. The number of benzene rings is 2. The molecule has 2 aromatic rings. The third-order valence-corrected chi connectivity index (χ3v) is 5.70. The monoisotopic (exact) mass is 540 g/mol. The zero-order chi connectivity index (χ0) is 26.7. The fourth-order valence-corrected chi connectivity index (χ4v) is 3.78. The highest BCUT2D eigenvalue weighted by molar-refractivity contribution is 6.31. The van der Waals surface area contributed by atoms with E-state index in [1.165, 1.54) is 37.3 Å². The van der Waals surface area contributed by atoms with Gasteiger partial charge in [0.2, 0.25) is 0 Å². The summed E-state index contributed by atoms with van der Waals surface area (Å²) in [5.41, 5.74) is 1.19. The molecule has 3 rings (SSSR count). The molecule has 7 nitrogen and oxygen atoms in total. The van der Waals surface area contributed by atoms with E-state index in [1.807, 2.05) is 0 Å². The molecule has 36 heavy (non-hydrogen) atoms. The molecule has 13 heteroatoms. The minimum Gasteiger partial charge on any atom is -0.435 e. The maximum absolute atomic E-state index is 14.5. The molecule has 0 aromatic heterocycles. The lowest BCUT2D eigenvalue weighted by atomic mass is 9.89. The SMILES string of the molecule is CCOC(=O)OCC1OC(c2ccc(Cl)c(Cc3ccc(OC(F)(F)F)cc3)c2)C(O)C(O)C1(F)F. The smallest absolute Gasteiger partial charge is 0.435 e. The summed E-state index contributed by atoms with van der Waals surface area (Å²) < 4.78 is 84.5. The highest BCUT2D eigenvalue weighted by Crippen LogP contribution is 2.41. The number of halogens is 6. The predicted octanol–water partition coefficient (Wildman–Crippen LogP) is 4.80. The molecule has 0 saturated carbocycles. The first-order chi connectivity index (χ1) is 16.8. The van der Waals surface area contributed by atoms with Gasteiger partial charge in [-0.2, -0.15) is 0 Å². The summed E-state index contributed by atoms with van der Waals surface area (Å²) in [7, 11) is 0. The third kappa shape index (κ3) is 6.75. The van der Waals surface area contributed by atoms with Gasteiger partial charge in [-0.3, -0.25) is 0 Å². The van der Waals surface area contributed by atoms with E-state index in [4.69, 9.17) is 16.3 Å². The average molecular weight is 541 g/mol. The second-order valence-electron chi connectivity index (χ2n) is 7.87. The van der Waals surface area contributed by atoms with Crippen molar-refractivity contribution in [3.8, 4) is 5.75 Å². The van der Waals surface area contributed by atoms with Crippen molar-refractivity contribution in [1.29, 1.82) is 0 Å². The summed E-state index contributed by atoms with van der Waals surface area (Å²) in [5.74, 6) is -4.35. The summed E-state index contributed by atoms with van der Waals surface area (Å²) in [6, 6.07) is 9.32. The van der Waals surface area contributed by atoms with Crippen LogP contribution in [0.3, 0.4) is 0 Å².